The second kappa shape index (κ2) is 9.59. The van der Waals surface area contributed by atoms with Crippen molar-refractivity contribution >= 4 is 58.6 Å². The van der Waals surface area contributed by atoms with E-state index in [1.54, 1.807) is 19.2 Å². The maximum Gasteiger partial charge on any atom is 0.193 e. The number of rotatable bonds is 5. The summed E-state index contributed by atoms with van der Waals surface area (Å²) >= 11 is 7.92. The lowest BCUT2D eigenvalue weighted by atomic mass is 10.0. The van der Waals surface area contributed by atoms with Gasteiger partial charge in [0.15, 0.2) is 5.96 Å². The molecule has 1 heterocycles. The van der Waals surface area contributed by atoms with Crippen molar-refractivity contribution in [2.45, 2.75) is 32.1 Å². The molecule has 3 N–H and O–H groups in total. The number of anilines is 1. The average molecular weight is 493 g/mol. The molecule has 8 heteroatoms. The van der Waals surface area contributed by atoms with Gasteiger partial charge in [-0.15, -0.1) is 35.3 Å². The molecule has 0 saturated heterocycles. The lowest BCUT2D eigenvalue weighted by molar-refractivity contribution is 0.415. The Labute approximate surface area is 174 Å². The molecule has 1 aromatic heterocycles. The molecule has 0 amide bonds. The third-order valence-electron chi connectivity index (χ3n) is 3.92. The van der Waals surface area contributed by atoms with Crippen LogP contribution in [0, 0.1) is 0 Å². The van der Waals surface area contributed by atoms with Crippen LogP contribution in [0.4, 0.5) is 5.69 Å². The molecule has 0 radical (unpaired) electrons. The number of methoxy groups -OCH3 is 1. The first-order chi connectivity index (χ1) is 11.7. The topological polar surface area (TPSA) is 72.5 Å². The van der Waals surface area contributed by atoms with Crippen molar-refractivity contribution < 1.29 is 4.74 Å². The first-order valence-electron chi connectivity index (χ1n) is 8.03. The minimum absolute atomic E-state index is 0. The van der Waals surface area contributed by atoms with Crippen LogP contribution < -0.4 is 15.8 Å². The normalized spacial score (nSPS) is 13.8. The van der Waals surface area contributed by atoms with Gasteiger partial charge in [-0.1, -0.05) is 11.6 Å². The second-order valence-electron chi connectivity index (χ2n) is 5.68. The molecule has 0 atom stereocenters. The Bertz CT molecular complexity index is 727. The molecule has 3 rings (SSSR count). The van der Waals surface area contributed by atoms with E-state index in [1.807, 2.05) is 17.4 Å². The number of nitrogens with one attached hydrogen (secondary N) is 1. The SMILES string of the molecule is COc1ccc(NC(N)=NCCc2nc3c(s2)CCCC3)cc1Cl.I. The number of guanidine groups is 1. The smallest absolute Gasteiger partial charge is 0.193 e. The highest BCUT2D eigenvalue weighted by Gasteiger charge is 2.14. The van der Waals surface area contributed by atoms with Crippen LogP contribution in [0.1, 0.15) is 28.4 Å². The van der Waals surface area contributed by atoms with Gasteiger partial charge in [-0.25, -0.2) is 4.98 Å². The number of thiazole rings is 1. The summed E-state index contributed by atoms with van der Waals surface area (Å²) in [5, 5.41) is 4.73. The van der Waals surface area contributed by atoms with Crippen LogP contribution in [-0.2, 0) is 19.3 Å². The van der Waals surface area contributed by atoms with Crippen molar-refractivity contribution in [1.29, 1.82) is 0 Å². The number of fused-ring (bicyclic) bond motifs is 1. The number of hydrogen-bond donors (Lipinski definition) is 2. The number of aryl methyl sites for hydroxylation is 2. The van der Waals surface area contributed by atoms with E-state index >= 15 is 0 Å². The lowest BCUT2D eigenvalue weighted by Crippen LogP contribution is -2.23. The number of aromatic nitrogens is 1. The quantitative estimate of drug-likeness (QED) is 0.371. The van der Waals surface area contributed by atoms with Gasteiger partial charge in [0.05, 0.1) is 22.8 Å². The molecular formula is C17H22ClIN4OS. The number of aliphatic imine (C=N–C) groups is 1. The van der Waals surface area contributed by atoms with Crippen molar-refractivity contribution in [1.82, 2.24) is 4.98 Å². The molecule has 5 nitrogen and oxygen atoms in total. The average Bonchev–Trinajstić information content (AvgIpc) is 2.97. The van der Waals surface area contributed by atoms with Gasteiger partial charge < -0.3 is 15.8 Å². The van der Waals surface area contributed by atoms with Gasteiger partial charge >= 0.3 is 0 Å². The Kier molecular flexibility index (Phi) is 7.77. The van der Waals surface area contributed by atoms with Crippen LogP contribution in [-0.4, -0.2) is 24.6 Å². The van der Waals surface area contributed by atoms with E-state index in [0.29, 0.717) is 23.3 Å². The van der Waals surface area contributed by atoms with Crippen molar-refractivity contribution in [3.05, 3.63) is 38.8 Å². The van der Waals surface area contributed by atoms with E-state index in [4.69, 9.17) is 27.1 Å². The largest absolute Gasteiger partial charge is 0.495 e. The van der Waals surface area contributed by atoms with Crippen LogP contribution in [0.5, 0.6) is 5.75 Å². The van der Waals surface area contributed by atoms with Gasteiger partial charge in [0, 0.05) is 23.5 Å². The van der Waals surface area contributed by atoms with Gasteiger partial charge in [0.2, 0.25) is 0 Å². The van der Waals surface area contributed by atoms with Crippen molar-refractivity contribution in [2.24, 2.45) is 10.7 Å². The zero-order valence-electron chi connectivity index (χ0n) is 14.0. The van der Waals surface area contributed by atoms with E-state index in [1.165, 1.54) is 29.8 Å². The fourth-order valence-electron chi connectivity index (χ4n) is 2.72. The summed E-state index contributed by atoms with van der Waals surface area (Å²) in [6.45, 7) is 0.620. The molecule has 0 aliphatic heterocycles. The minimum Gasteiger partial charge on any atom is -0.495 e. The van der Waals surface area contributed by atoms with Gasteiger partial charge in [0.25, 0.3) is 0 Å². The predicted octanol–water partition coefficient (Wildman–Crippen LogP) is 4.27. The zero-order chi connectivity index (χ0) is 16.9. The molecule has 1 aromatic carbocycles. The third kappa shape index (κ3) is 5.46. The van der Waals surface area contributed by atoms with Crippen LogP contribution >= 0.6 is 46.9 Å². The van der Waals surface area contributed by atoms with Crippen LogP contribution in [0.3, 0.4) is 0 Å². The van der Waals surface area contributed by atoms with Crippen LogP contribution in [0.2, 0.25) is 5.02 Å². The number of ether oxygens (including phenoxy) is 1. The summed E-state index contributed by atoms with van der Waals surface area (Å²) in [6, 6.07) is 5.40. The highest BCUT2D eigenvalue weighted by molar-refractivity contribution is 14.0. The third-order valence-corrected chi connectivity index (χ3v) is 5.43. The van der Waals surface area contributed by atoms with Crippen molar-refractivity contribution in [3.63, 3.8) is 0 Å². The van der Waals surface area contributed by atoms with E-state index in [9.17, 15) is 0 Å². The molecule has 25 heavy (non-hydrogen) atoms. The van der Waals surface area contributed by atoms with E-state index in [2.05, 4.69) is 10.3 Å². The summed E-state index contributed by atoms with van der Waals surface area (Å²) in [6.07, 6.45) is 5.67. The lowest BCUT2D eigenvalue weighted by Gasteiger charge is -2.08. The number of halogens is 2. The second-order valence-corrected chi connectivity index (χ2v) is 7.25. The first-order valence-corrected chi connectivity index (χ1v) is 9.23. The van der Waals surface area contributed by atoms with Gasteiger partial charge in [-0.05, 0) is 43.9 Å². The summed E-state index contributed by atoms with van der Waals surface area (Å²) in [7, 11) is 1.58. The van der Waals surface area contributed by atoms with Gasteiger partial charge in [0.1, 0.15) is 5.75 Å². The molecule has 0 bridgehead atoms. The fraction of sp³-hybridized carbons (Fsp3) is 0.412. The Balaban J connectivity index is 0.00000225. The van der Waals surface area contributed by atoms with Crippen molar-refractivity contribution in [2.75, 3.05) is 19.0 Å². The molecule has 0 spiro atoms. The zero-order valence-corrected chi connectivity index (χ0v) is 18.0. The van der Waals surface area contributed by atoms with Crippen molar-refractivity contribution in [3.8, 4) is 5.75 Å². The van der Waals surface area contributed by atoms with Crippen LogP contribution in [0.15, 0.2) is 23.2 Å². The standard InChI is InChI=1S/C17H21ClN4OS.HI/c1-23-14-7-6-11(10-12(14)18)21-17(19)20-9-8-16-22-13-4-2-3-5-15(13)24-16;/h6-7,10H,2-5,8-9H2,1H3,(H3,19,20,21);1H. The molecule has 0 saturated carbocycles. The monoisotopic (exact) mass is 492 g/mol. The summed E-state index contributed by atoms with van der Waals surface area (Å²) in [5.41, 5.74) is 8.02. The minimum atomic E-state index is 0. The molecular weight excluding hydrogens is 471 g/mol. The van der Waals surface area contributed by atoms with Gasteiger partial charge in [-0.2, -0.15) is 0 Å². The fourth-order valence-corrected chi connectivity index (χ4v) is 4.12. The number of benzene rings is 1. The van der Waals surface area contributed by atoms with Crippen LogP contribution in [0.25, 0.3) is 0 Å². The first kappa shape index (κ1) is 20.3. The molecule has 1 aliphatic rings. The number of nitrogens with zero attached hydrogens (tertiary/aromatic N) is 2. The summed E-state index contributed by atoms with van der Waals surface area (Å²) < 4.78 is 5.13. The van der Waals surface area contributed by atoms with E-state index in [0.717, 1.165) is 23.5 Å². The summed E-state index contributed by atoms with van der Waals surface area (Å²) in [5.74, 6) is 1.00. The Morgan fingerprint density at radius 2 is 2.20 bits per heavy atom. The predicted molar refractivity (Wildman–Crippen MR) is 116 cm³/mol. The van der Waals surface area contributed by atoms with E-state index in [-0.39, 0.29) is 24.0 Å². The van der Waals surface area contributed by atoms with Gasteiger partial charge in [-0.3, -0.25) is 4.99 Å². The maximum absolute atomic E-state index is 6.09. The Morgan fingerprint density at radius 3 is 2.92 bits per heavy atom. The molecule has 1 aliphatic carbocycles. The summed E-state index contributed by atoms with van der Waals surface area (Å²) in [4.78, 5) is 10.5. The maximum atomic E-state index is 6.09. The molecule has 0 unspecified atom stereocenters. The molecule has 136 valence electrons. The molecule has 2 aromatic rings. The molecule has 0 fully saturated rings. The Morgan fingerprint density at radius 1 is 1.40 bits per heavy atom. The number of nitrogens with two attached hydrogens (primary N) is 1. The highest BCUT2D eigenvalue weighted by atomic mass is 127. The number of hydrogen-bond acceptors (Lipinski definition) is 4. The Hall–Kier alpha value is -1.06. The highest BCUT2D eigenvalue weighted by Crippen LogP contribution is 2.28. The van der Waals surface area contributed by atoms with E-state index < -0.39 is 0 Å².